The SMILES string of the molecule is CCCOCC(O)c1c(OC)cnn1CCN(C)C. The van der Waals surface area contributed by atoms with E-state index in [1.54, 1.807) is 18.0 Å². The van der Waals surface area contributed by atoms with Crippen molar-refractivity contribution in [3.8, 4) is 5.75 Å². The molecule has 1 aromatic rings. The summed E-state index contributed by atoms with van der Waals surface area (Å²) in [6.45, 7) is 4.49. The fourth-order valence-electron chi connectivity index (χ4n) is 1.76. The van der Waals surface area contributed by atoms with Gasteiger partial charge in [0.1, 0.15) is 11.8 Å². The van der Waals surface area contributed by atoms with E-state index in [1.165, 1.54) is 0 Å². The Kier molecular flexibility index (Phi) is 6.83. The Labute approximate surface area is 114 Å². The maximum Gasteiger partial charge on any atom is 0.162 e. The van der Waals surface area contributed by atoms with Crippen LogP contribution >= 0.6 is 0 Å². The molecule has 1 N–H and O–H groups in total. The number of nitrogens with zero attached hydrogens (tertiary/aromatic N) is 3. The van der Waals surface area contributed by atoms with Crippen LogP contribution in [0.4, 0.5) is 0 Å². The third-order valence-electron chi connectivity index (χ3n) is 2.76. The number of hydrogen-bond donors (Lipinski definition) is 1. The van der Waals surface area contributed by atoms with Gasteiger partial charge in [-0.2, -0.15) is 5.10 Å². The lowest BCUT2D eigenvalue weighted by Crippen LogP contribution is -2.22. The van der Waals surface area contributed by atoms with Crippen molar-refractivity contribution in [3.05, 3.63) is 11.9 Å². The topological polar surface area (TPSA) is 59.8 Å². The van der Waals surface area contributed by atoms with E-state index in [4.69, 9.17) is 9.47 Å². The van der Waals surface area contributed by atoms with Gasteiger partial charge in [-0.15, -0.1) is 0 Å². The molecule has 0 aliphatic rings. The van der Waals surface area contributed by atoms with Crippen LogP contribution in [0.5, 0.6) is 5.75 Å². The van der Waals surface area contributed by atoms with Crippen LogP contribution in [0.25, 0.3) is 0 Å². The molecule has 0 saturated carbocycles. The summed E-state index contributed by atoms with van der Waals surface area (Å²) in [5.74, 6) is 0.603. The number of ether oxygens (including phenoxy) is 2. The predicted octanol–water partition coefficient (Wildman–Crippen LogP) is 0.913. The van der Waals surface area contributed by atoms with Crippen molar-refractivity contribution in [1.29, 1.82) is 0 Å². The molecule has 6 heteroatoms. The minimum absolute atomic E-state index is 0.262. The molecular formula is C13H25N3O3. The highest BCUT2D eigenvalue weighted by molar-refractivity contribution is 5.27. The summed E-state index contributed by atoms with van der Waals surface area (Å²) in [6.07, 6.45) is 1.85. The molecule has 6 nitrogen and oxygen atoms in total. The molecule has 1 unspecified atom stereocenters. The third-order valence-corrected chi connectivity index (χ3v) is 2.76. The van der Waals surface area contributed by atoms with Crippen LogP contribution in [-0.4, -0.2) is 60.8 Å². The zero-order chi connectivity index (χ0) is 14.3. The summed E-state index contributed by atoms with van der Waals surface area (Å²) in [6, 6.07) is 0. The van der Waals surface area contributed by atoms with Crippen LogP contribution in [0, 0.1) is 0 Å². The van der Waals surface area contributed by atoms with E-state index in [2.05, 4.69) is 10.00 Å². The van der Waals surface area contributed by atoms with Crippen molar-refractivity contribution in [2.24, 2.45) is 0 Å². The molecule has 1 heterocycles. The van der Waals surface area contributed by atoms with Crippen LogP contribution in [-0.2, 0) is 11.3 Å². The number of hydrogen-bond acceptors (Lipinski definition) is 5. The first-order valence-corrected chi connectivity index (χ1v) is 6.60. The molecule has 0 fully saturated rings. The fraction of sp³-hybridized carbons (Fsp3) is 0.769. The minimum Gasteiger partial charge on any atom is -0.493 e. The Morgan fingerprint density at radius 2 is 2.21 bits per heavy atom. The molecule has 0 saturated heterocycles. The molecule has 1 aromatic heterocycles. The van der Waals surface area contributed by atoms with Gasteiger partial charge in [-0.1, -0.05) is 6.92 Å². The molecule has 19 heavy (non-hydrogen) atoms. The summed E-state index contributed by atoms with van der Waals surface area (Å²) < 4.78 is 12.4. The standard InChI is InChI=1S/C13H25N3O3/c1-5-8-19-10-11(17)13-12(18-4)9-14-16(13)7-6-15(2)3/h9,11,17H,5-8,10H2,1-4H3. The van der Waals surface area contributed by atoms with Crippen molar-refractivity contribution in [2.45, 2.75) is 26.0 Å². The molecule has 0 aliphatic heterocycles. The van der Waals surface area contributed by atoms with Crippen molar-refractivity contribution < 1.29 is 14.6 Å². The number of rotatable bonds is 9. The number of aromatic nitrogens is 2. The Morgan fingerprint density at radius 3 is 2.79 bits per heavy atom. The van der Waals surface area contributed by atoms with E-state index in [9.17, 15) is 5.11 Å². The van der Waals surface area contributed by atoms with Gasteiger partial charge in [0.15, 0.2) is 5.75 Å². The molecule has 0 radical (unpaired) electrons. The summed E-state index contributed by atoms with van der Waals surface area (Å²) in [7, 11) is 5.58. The molecule has 0 bridgehead atoms. The first kappa shape index (κ1) is 15.9. The first-order chi connectivity index (χ1) is 9.10. The lowest BCUT2D eigenvalue weighted by Gasteiger charge is -2.16. The molecule has 0 amide bonds. The second kappa shape index (κ2) is 8.14. The van der Waals surface area contributed by atoms with Crippen molar-refractivity contribution in [2.75, 3.05) is 41.0 Å². The van der Waals surface area contributed by atoms with Crippen molar-refractivity contribution in [3.63, 3.8) is 0 Å². The van der Waals surface area contributed by atoms with Crippen LogP contribution < -0.4 is 4.74 Å². The highest BCUT2D eigenvalue weighted by Gasteiger charge is 2.20. The Hall–Kier alpha value is -1.11. The molecule has 1 atom stereocenters. The maximum absolute atomic E-state index is 10.2. The van der Waals surface area contributed by atoms with Gasteiger partial charge >= 0.3 is 0 Å². The smallest absolute Gasteiger partial charge is 0.162 e. The monoisotopic (exact) mass is 271 g/mol. The maximum atomic E-state index is 10.2. The second-order valence-electron chi connectivity index (χ2n) is 4.72. The Bertz CT molecular complexity index is 366. The van der Waals surface area contributed by atoms with Crippen LogP contribution in [0.15, 0.2) is 6.20 Å². The van der Waals surface area contributed by atoms with Gasteiger partial charge in [-0.25, -0.2) is 0 Å². The second-order valence-corrected chi connectivity index (χ2v) is 4.72. The molecule has 110 valence electrons. The number of methoxy groups -OCH3 is 1. The Balaban J connectivity index is 2.73. The van der Waals surface area contributed by atoms with E-state index < -0.39 is 6.10 Å². The van der Waals surface area contributed by atoms with Crippen molar-refractivity contribution in [1.82, 2.24) is 14.7 Å². The van der Waals surface area contributed by atoms with Gasteiger partial charge in [0.25, 0.3) is 0 Å². The zero-order valence-electron chi connectivity index (χ0n) is 12.3. The lowest BCUT2D eigenvalue weighted by atomic mass is 10.2. The van der Waals surface area contributed by atoms with Gasteiger partial charge in [-0.05, 0) is 20.5 Å². The van der Waals surface area contributed by atoms with E-state index in [-0.39, 0.29) is 6.61 Å². The fourth-order valence-corrected chi connectivity index (χ4v) is 1.76. The van der Waals surface area contributed by atoms with Crippen LogP contribution in [0.1, 0.15) is 25.1 Å². The quantitative estimate of drug-likeness (QED) is 0.677. The third kappa shape index (κ3) is 4.81. The van der Waals surface area contributed by atoms with E-state index in [0.29, 0.717) is 24.6 Å². The van der Waals surface area contributed by atoms with E-state index in [1.807, 2.05) is 21.0 Å². The molecule has 0 aliphatic carbocycles. The van der Waals surface area contributed by atoms with Gasteiger partial charge in [0.05, 0.1) is 26.5 Å². The molecule has 0 spiro atoms. The number of aliphatic hydroxyl groups is 1. The molecule has 0 aromatic carbocycles. The minimum atomic E-state index is -0.717. The number of likely N-dealkylation sites (N-methyl/N-ethyl adjacent to an activating group) is 1. The summed E-state index contributed by atoms with van der Waals surface area (Å²) in [5.41, 5.74) is 0.681. The van der Waals surface area contributed by atoms with Crippen LogP contribution in [0.2, 0.25) is 0 Å². The average Bonchev–Trinajstić information content (AvgIpc) is 2.79. The van der Waals surface area contributed by atoms with Crippen LogP contribution in [0.3, 0.4) is 0 Å². The van der Waals surface area contributed by atoms with Gasteiger partial charge < -0.3 is 19.5 Å². The number of aliphatic hydroxyl groups excluding tert-OH is 1. The summed E-state index contributed by atoms with van der Waals surface area (Å²) >= 11 is 0. The highest BCUT2D eigenvalue weighted by atomic mass is 16.5. The zero-order valence-corrected chi connectivity index (χ0v) is 12.3. The summed E-state index contributed by atoms with van der Waals surface area (Å²) in [4.78, 5) is 2.07. The largest absolute Gasteiger partial charge is 0.493 e. The van der Waals surface area contributed by atoms with E-state index in [0.717, 1.165) is 13.0 Å². The summed E-state index contributed by atoms with van der Waals surface area (Å²) in [5, 5.41) is 14.5. The average molecular weight is 271 g/mol. The van der Waals surface area contributed by atoms with Gasteiger partial charge in [-0.3, -0.25) is 4.68 Å². The van der Waals surface area contributed by atoms with E-state index >= 15 is 0 Å². The molecular weight excluding hydrogens is 246 g/mol. The normalized spacial score (nSPS) is 12.9. The predicted molar refractivity (Wildman–Crippen MR) is 73.4 cm³/mol. The van der Waals surface area contributed by atoms with Crippen molar-refractivity contribution >= 4 is 0 Å². The lowest BCUT2D eigenvalue weighted by molar-refractivity contribution is 0.0304. The Morgan fingerprint density at radius 1 is 1.47 bits per heavy atom. The first-order valence-electron chi connectivity index (χ1n) is 6.60. The molecule has 1 rings (SSSR count). The van der Waals surface area contributed by atoms with Gasteiger partial charge in [0.2, 0.25) is 0 Å². The van der Waals surface area contributed by atoms with Gasteiger partial charge in [0, 0.05) is 13.2 Å². The highest BCUT2D eigenvalue weighted by Crippen LogP contribution is 2.25.